The topological polar surface area (TPSA) is 66.9 Å². The van der Waals surface area contributed by atoms with Crippen LogP contribution in [0.5, 0.6) is 0 Å². The first-order valence-electron chi connectivity index (χ1n) is 9.02. The molecule has 27 heavy (non-hydrogen) atoms. The van der Waals surface area contributed by atoms with Crippen molar-refractivity contribution >= 4 is 16.1 Å². The van der Waals surface area contributed by atoms with Crippen LogP contribution in [0.3, 0.4) is 0 Å². The summed E-state index contributed by atoms with van der Waals surface area (Å²) in [6, 6.07) is 16.7. The highest BCUT2D eigenvalue weighted by molar-refractivity contribution is 7.89. The molecule has 6 nitrogen and oxygen atoms in total. The molecular weight excluding hydrogens is 364 g/mol. The van der Waals surface area contributed by atoms with Crippen LogP contribution in [0.2, 0.25) is 0 Å². The maximum Gasteiger partial charge on any atom is 0.409 e. The Morgan fingerprint density at radius 1 is 1.00 bits per heavy atom. The molecule has 0 N–H and O–H groups in total. The van der Waals surface area contributed by atoms with Gasteiger partial charge in [0, 0.05) is 26.1 Å². The van der Waals surface area contributed by atoms with Crippen LogP contribution in [0.4, 0.5) is 4.79 Å². The molecule has 2 heterocycles. The first-order valence-corrected chi connectivity index (χ1v) is 10.5. The number of hydrogen-bond donors (Lipinski definition) is 0. The lowest BCUT2D eigenvalue weighted by atomic mass is 9.92. The Kier molecular flexibility index (Phi) is 4.65. The van der Waals surface area contributed by atoms with Gasteiger partial charge in [-0.15, -0.1) is 0 Å². The van der Waals surface area contributed by atoms with E-state index in [1.807, 2.05) is 42.5 Å². The molecule has 0 unspecified atom stereocenters. The molecule has 2 fully saturated rings. The summed E-state index contributed by atoms with van der Waals surface area (Å²) in [7, 11) is -1.93. The molecular formula is C20H22N2O4S. The number of carbonyl (C=O) groups excluding carboxylic acids is 1. The number of carbonyl (C=O) groups is 1. The van der Waals surface area contributed by atoms with E-state index in [1.54, 1.807) is 19.2 Å². The van der Waals surface area contributed by atoms with Gasteiger partial charge in [-0.1, -0.05) is 42.5 Å². The number of ether oxygens (including phenoxy) is 1. The molecule has 2 saturated heterocycles. The Hall–Kier alpha value is -2.38. The number of piperidine rings is 1. The number of likely N-dealkylation sites (N-methyl/N-ethyl adjacent to an activating group) is 1. The maximum absolute atomic E-state index is 13.1. The van der Waals surface area contributed by atoms with Gasteiger partial charge >= 0.3 is 6.09 Å². The molecule has 0 bridgehead atoms. The molecule has 4 rings (SSSR count). The summed E-state index contributed by atoms with van der Waals surface area (Å²) in [6.07, 6.45) is 0.298. The number of benzene rings is 2. The second kappa shape index (κ2) is 6.98. The van der Waals surface area contributed by atoms with Gasteiger partial charge in [-0.3, -0.25) is 0 Å². The number of fused-ring (bicyclic) bond motifs is 1. The number of nitrogens with zero attached hydrogens (tertiary/aromatic N) is 2. The van der Waals surface area contributed by atoms with E-state index < -0.39 is 10.0 Å². The highest BCUT2D eigenvalue weighted by Gasteiger charge is 2.42. The molecule has 1 amide bonds. The molecule has 2 aliphatic rings. The van der Waals surface area contributed by atoms with E-state index in [0.717, 1.165) is 11.1 Å². The number of amides is 1. The quantitative estimate of drug-likeness (QED) is 0.814. The van der Waals surface area contributed by atoms with Gasteiger partial charge in [-0.2, -0.15) is 4.31 Å². The molecule has 2 aromatic rings. The van der Waals surface area contributed by atoms with E-state index in [0.29, 0.717) is 26.1 Å². The molecule has 2 aromatic carbocycles. The van der Waals surface area contributed by atoms with Crippen molar-refractivity contribution in [3.8, 4) is 11.1 Å². The molecule has 0 radical (unpaired) electrons. The van der Waals surface area contributed by atoms with Crippen molar-refractivity contribution in [2.75, 3.05) is 26.7 Å². The minimum atomic E-state index is -3.60. The zero-order valence-electron chi connectivity index (χ0n) is 15.1. The van der Waals surface area contributed by atoms with Gasteiger partial charge in [-0.05, 0) is 29.7 Å². The summed E-state index contributed by atoms with van der Waals surface area (Å²) >= 11 is 0. The second-order valence-corrected chi connectivity index (χ2v) is 9.00. The van der Waals surface area contributed by atoms with E-state index in [9.17, 15) is 13.2 Å². The normalized spacial score (nSPS) is 23.6. The van der Waals surface area contributed by atoms with Crippen molar-refractivity contribution in [2.24, 2.45) is 5.92 Å². The minimum absolute atomic E-state index is 0.140. The van der Waals surface area contributed by atoms with E-state index in [4.69, 9.17) is 4.74 Å². The SMILES string of the molecule is CN1C(=O)OC[C@@H]2CCN(S(=O)(=O)c3ccc(-c4ccccc4)cc3)C[C@H]21. The highest BCUT2D eigenvalue weighted by Crippen LogP contribution is 2.30. The molecule has 2 atom stereocenters. The lowest BCUT2D eigenvalue weighted by Gasteiger charge is -2.44. The molecule has 7 heteroatoms. The number of rotatable bonds is 3. The molecule has 0 saturated carbocycles. The average Bonchev–Trinajstić information content (AvgIpc) is 2.71. The molecule has 0 spiro atoms. The Morgan fingerprint density at radius 3 is 2.37 bits per heavy atom. The van der Waals surface area contributed by atoms with Crippen molar-refractivity contribution in [1.29, 1.82) is 0 Å². The number of sulfonamides is 1. The summed E-state index contributed by atoms with van der Waals surface area (Å²) in [5, 5.41) is 0. The third-order valence-corrected chi connectivity index (χ3v) is 7.37. The van der Waals surface area contributed by atoms with Crippen LogP contribution in [0.15, 0.2) is 59.5 Å². The van der Waals surface area contributed by atoms with Gasteiger partial charge in [0.2, 0.25) is 10.0 Å². The summed E-state index contributed by atoms with van der Waals surface area (Å²) in [4.78, 5) is 13.6. The predicted octanol–water partition coefficient (Wildman–Crippen LogP) is 2.81. The molecule has 0 aromatic heterocycles. The van der Waals surface area contributed by atoms with Gasteiger partial charge in [0.1, 0.15) is 0 Å². The Balaban J connectivity index is 1.55. The van der Waals surface area contributed by atoms with Crippen LogP contribution >= 0.6 is 0 Å². The fraction of sp³-hybridized carbons (Fsp3) is 0.350. The van der Waals surface area contributed by atoms with E-state index in [2.05, 4.69) is 0 Å². The van der Waals surface area contributed by atoms with Crippen LogP contribution in [0.1, 0.15) is 6.42 Å². The summed E-state index contributed by atoms with van der Waals surface area (Å²) in [6.45, 7) is 1.11. The van der Waals surface area contributed by atoms with Crippen molar-refractivity contribution in [3.05, 3.63) is 54.6 Å². The zero-order valence-corrected chi connectivity index (χ0v) is 15.9. The number of hydrogen-bond acceptors (Lipinski definition) is 4. The fourth-order valence-corrected chi connectivity index (χ4v) is 5.29. The fourth-order valence-electron chi connectivity index (χ4n) is 3.82. The first kappa shape index (κ1) is 18.0. The van der Waals surface area contributed by atoms with Gasteiger partial charge in [0.15, 0.2) is 0 Å². The largest absolute Gasteiger partial charge is 0.449 e. The Bertz CT molecular complexity index is 928. The Labute approximate surface area is 159 Å². The van der Waals surface area contributed by atoms with Gasteiger partial charge in [0.05, 0.1) is 17.5 Å². The van der Waals surface area contributed by atoms with Crippen LogP contribution < -0.4 is 0 Å². The average molecular weight is 386 g/mol. The van der Waals surface area contributed by atoms with Crippen molar-refractivity contribution in [2.45, 2.75) is 17.4 Å². The Morgan fingerprint density at radius 2 is 1.67 bits per heavy atom. The van der Waals surface area contributed by atoms with Crippen LogP contribution in [-0.4, -0.2) is 56.5 Å². The van der Waals surface area contributed by atoms with Gasteiger partial charge < -0.3 is 9.64 Å². The summed E-state index contributed by atoms with van der Waals surface area (Å²) in [5.41, 5.74) is 2.02. The van der Waals surface area contributed by atoms with Crippen LogP contribution in [-0.2, 0) is 14.8 Å². The highest BCUT2D eigenvalue weighted by atomic mass is 32.2. The smallest absolute Gasteiger partial charge is 0.409 e. The lowest BCUT2D eigenvalue weighted by molar-refractivity contribution is -0.00454. The monoisotopic (exact) mass is 386 g/mol. The van der Waals surface area contributed by atoms with Crippen molar-refractivity contribution < 1.29 is 17.9 Å². The lowest BCUT2D eigenvalue weighted by Crippen LogP contribution is -2.58. The first-order chi connectivity index (χ1) is 13.0. The predicted molar refractivity (Wildman–Crippen MR) is 102 cm³/mol. The van der Waals surface area contributed by atoms with E-state index in [1.165, 1.54) is 9.21 Å². The second-order valence-electron chi connectivity index (χ2n) is 7.06. The maximum atomic E-state index is 13.1. The standard InChI is InChI=1S/C20H22N2O4S/c1-21-19-13-22(12-11-17(19)14-26-20(21)23)27(24,25)18-9-7-16(8-10-18)15-5-3-2-4-6-15/h2-10,17,19H,11-14H2,1H3/t17-,19+/m0/s1. The van der Waals surface area contributed by atoms with Crippen LogP contribution in [0, 0.1) is 5.92 Å². The third-order valence-electron chi connectivity index (χ3n) is 5.49. The van der Waals surface area contributed by atoms with Crippen LogP contribution in [0.25, 0.3) is 11.1 Å². The van der Waals surface area contributed by atoms with Crippen molar-refractivity contribution in [3.63, 3.8) is 0 Å². The summed E-state index contributed by atoms with van der Waals surface area (Å²) in [5.74, 6) is 0.180. The van der Waals surface area contributed by atoms with E-state index in [-0.39, 0.29) is 22.9 Å². The van der Waals surface area contributed by atoms with Gasteiger partial charge in [-0.25, -0.2) is 13.2 Å². The minimum Gasteiger partial charge on any atom is -0.449 e. The van der Waals surface area contributed by atoms with E-state index >= 15 is 0 Å². The molecule has 142 valence electrons. The third kappa shape index (κ3) is 3.33. The van der Waals surface area contributed by atoms with Gasteiger partial charge in [0.25, 0.3) is 0 Å². The molecule has 2 aliphatic heterocycles. The number of cyclic esters (lactones) is 1. The zero-order chi connectivity index (χ0) is 19.0. The molecule has 0 aliphatic carbocycles. The summed E-state index contributed by atoms with van der Waals surface area (Å²) < 4.78 is 32.8. The van der Waals surface area contributed by atoms with Crippen molar-refractivity contribution in [1.82, 2.24) is 9.21 Å².